The predicted octanol–water partition coefficient (Wildman–Crippen LogP) is 1.98. The number of hydrogen-bond donors (Lipinski definition) is 0. The van der Waals surface area contributed by atoms with Crippen molar-refractivity contribution in [3.8, 4) is 17.0 Å². The molecule has 128 valence electrons. The number of benzene rings is 1. The minimum absolute atomic E-state index is 0.0430. The first-order valence-electron chi connectivity index (χ1n) is 8.28. The number of carbonyl (C=O) groups is 1. The van der Waals surface area contributed by atoms with Crippen LogP contribution in [-0.2, 0) is 22.5 Å². The highest BCUT2D eigenvalue weighted by Gasteiger charge is 2.22. The van der Waals surface area contributed by atoms with Crippen LogP contribution in [0.4, 0.5) is 0 Å². The minimum atomic E-state index is 0.0430. The van der Waals surface area contributed by atoms with Gasteiger partial charge < -0.3 is 18.9 Å². The van der Waals surface area contributed by atoms with Gasteiger partial charge in [-0.3, -0.25) is 4.79 Å². The van der Waals surface area contributed by atoms with E-state index in [0.29, 0.717) is 19.7 Å². The average Bonchev–Trinajstić information content (AvgIpc) is 2.90. The van der Waals surface area contributed by atoms with Crippen molar-refractivity contribution in [2.75, 3.05) is 33.4 Å². The summed E-state index contributed by atoms with van der Waals surface area (Å²) in [6.45, 7) is 4.66. The lowest BCUT2D eigenvalue weighted by molar-refractivity contribution is -0.135. The van der Waals surface area contributed by atoms with Gasteiger partial charge in [0.1, 0.15) is 18.2 Å². The summed E-state index contributed by atoms with van der Waals surface area (Å²) in [6, 6.07) is 7.93. The van der Waals surface area contributed by atoms with Gasteiger partial charge in [-0.25, -0.2) is 4.98 Å². The van der Waals surface area contributed by atoms with Crippen molar-refractivity contribution in [2.24, 2.45) is 0 Å². The van der Waals surface area contributed by atoms with E-state index < -0.39 is 0 Å². The van der Waals surface area contributed by atoms with Crippen LogP contribution in [0.2, 0.25) is 0 Å². The van der Waals surface area contributed by atoms with Crippen molar-refractivity contribution in [1.29, 1.82) is 0 Å². The van der Waals surface area contributed by atoms with Crippen molar-refractivity contribution in [2.45, 2.75) is 19.9 Å². The third kappa shape index (κ3) is 3.28. The molecular weight excluding hydrogens is 306 g/mol. The first-order valence-corrected chi connectivity index (χ1v) is 8.28. The van der Waals surface area contributed by atoms with E-state index in [1.54, 1.807) is 7.11 Å². The molecule has 24 heavy (non-hydrogen) atoms. The van der Waals surface area contributed by atoms with Crippen molar-refractivity contribution >= 4 is 5.91 Å². The third-order valence-corrected chi connectivity index (χ3v) is 4.30. The molecule has 2 heterocycles. The molecule has 1 aliphatic heterocycles. The van der Waals surface area contributed by atoms with Crippen molar-refractivity contribution < 1.29 is 14.3 Å². The summed E-state index contributed by atoms with van der Waals surface area (Å²) in [7, 11) is 1.67. The molecule has 0 bridgehead atoms. The number of nitrogens with zero attached hydrogens (tertiary/aromatic N) is 3. The maximum Gasteiger partial charge on any atom is 0.248 e. The van der Waals surface area contributed by atoms with Crippen LogP contribution in [0.15, 0.2) is 30.5 Å². The Labute approximate surface area is 142 Å². The lowest BCUT2D eigenvalue weighted by atomic mass is 10.1. The van der Waals surface area contributed by atoms with Crippen LogP contribution in [0.1, 0.15) is 12.7 Å². The molecule has 6 nitrogen and oxygen atoms in total. The number of carbonyl (C=O) groups excluding carboxylic acids is 1. The molecule has 0 saturated heterocycles. The standard InChI is InChI=1S/C18H23N3O3/c1-3-24-13-18(22)20-9-8-17-19-12-15(21(17)11-10-20)14-6-4-5-7-16(14)23-2/h4-7,12H,3,8-11,13H2,1-2H3. The molecule has 2 aromatic rings. The second kappa shape index (κ2) is 7.49. The first-order chi connectivity index (χ1) is 11.7. The molecule has 1 amide bonds. The molecule has 0 N–H and O–H groups in total. The molecule has 0 fully saturated rings. The lowest BCUT2D eigenvalue weighted by Gasteiger charge is -2.20. The summed E-state index contributed by atoms with van der Waals surface area (Å²) in [6.07, 6.45) is 2.64. The maximum atomic E-state index is 12.2. The SMILES string of the molecule is CCOCC(=O)N1CCc2ncc(-c3ccccc3OC)n2CC1. The smallest absolute Gasteiger partial charge is 0.248 e. The third-order valence-electron chi connectivity index (χ3n) is 4.30. The average molecular weight is 329 g/mol. The molecule has 1 aliphatic rings. The quantitative estimate of drug-likeness (QED) is 0.842. The number of imidazole rings is 1. The Morgan fingerprint density at radius 1 is 1.25 bits per heavy atom. The van der Waals surface area contributed by atoms with Crippen LogP contribution in [0.3, 0.4) is 0 Å². The summed E-state index contributed by atoms with van der Waals surface area (Å²) in [4.78, 5) is 18.6. The highest BCUT2D eigenvalue weighted by molar-refractivity contribution is 5.77. The van der Waals surface area contributed by atoms with E-state index >= 15 is 0 Å². The number of fused-ring (bicyclic) bond motifs is 1. The largest absolute Gasteiger partial charge is 0.496 e. The molecule has 6 heteroatoms. The Morgan fingerprint density at radius 2 is 2.08 bits per heavy atom. The van der Waals surface area contributed by atoms with Gasteiger partial charge in [0.25, 0.3) is 0 Å². The fourth-order valence-corrected chi connectivity index (χ4v) is 3.03. The fourth-order valence-electron chi connectivity index (χ4n) is 3.03. The number of aromatic nitrogens is 2. The van der Waals surface area contributed by atoms with Gasteiger partial charge in [-0.2, -0.15) is 0 Å². The zero-order valence-electron chi connectivity index (χ0n) is 14.2. The fraction of sp³-hybridized carbons (Fsp3) is 0.444. The first kappa shape index (κ1) is 16.5. The van der Waals surface area contributed by atoms with Gasteiger partial charge in [0.15, 0.2) is 0 Å². The molecule has 1 aromatic heterocycles. The molecule has 0 saturated carbocycles. The van der Waals surface area contributed by atoms with E-state index in [-0.39, 0.29) is 12.5 Å². The van der Waals surface area contributed by atoms with Gasteiger partial charge in [-0.1, -0.05) is 12.1 Å². The zero-order valence-corrected chi connectivity index (χ0v) is 14.2. The zero-order chi connectivity index (χ0) is 16.9. The normalized spacial score (nSPS) is 14.2. The minimum Gasteiger partial charge on any atom is -0.496 e. The van der Waals surface area contributed by atoms with Crippen LogP contribution >= 0.6 is 0 Å². The Kier molecular flexibility index (Phi) is 5.15. The van der Waals surface area contributed by atoms with Gasteiger partial charge in [-0.15, -0.1) is 0 Å². The second-order valence-corrected chi connectivity index (χ2v) is 5.68. The molecule has 0 radical (unpaired) electrons. The summed E-state index contributed by atoms with van der Waals surface area (Å²) in [5.41, 5.74) is 2.05. The molecule has 0 spiro atoms. The Bertz CT molecular complexity index is 711. The molecule has 0 atom stereocenters. The van der Waals surface area contributed by atoms with Crippen LogP contribution in [-0.4, -0.2) is 53.8 Å². The monoisotopic (exact) mass is 329 g/mol. The lowest BCUT2D eigenvalue weighted by Crippen LogP contribution is -2.36. The van der Waals surface area contributed by atoms with Gasteiger partial charge in [0.2, 0.25) is 5.91 Å². The number of methoxy groups -OCH3 is 1. The van der Waals surface area contributed by atoms with Crippen LogP contribution in [0, 0.1) is 0 Å². The van der Waals surface area contributed by atoms with Crippen LogP contribution < -0.4 is 4.74 Å². The Balaban J connectivity index is 1.81. The van der Waals surface area contributed by atoms with Crippen LogP contribution in [0.25, 0.3) is 11.3 Å². The number of amides is 1. The van der Waals surface area contributed by atoms with E-state index in [4.69, 9.17) is 9.47 Å². The van der Waals surface area contributed by atoms with E-state index in [0.717, 1.165) is 35.8 Å². The molecule has 3 rings (SSSR count). The summed E-state index contributed by atoms with van der Waals surface area (Å²) in [5, 5.41) is 0. The van der Waals surface area contributed by atoms with E-state index in [2.05, 4.69) is 9.55 Å². The maximum absolute atomic E-state index is 12.2. The van der Waals surface area contributed by atoms with Gasteiger partial charge >= 0.3 is 0 Å². The highest BCUT2D eigenvalue weighted by Crippen LogP contribution is 2.30. The molecule has 0 aliphatic carbocycles. The summed E-state index contributed by atoms with van der Waals surface area (Å²) >= 11 is 0. The topological polar surface area (TPSA) is 56.6 Å². The number of ether oxygens (including phenoxy) is 2. The highest BCUT2D eigenvalue weighted by atomic mass is 16.5. The van der Waals surface area contributed by atoms with E-state index in [9.17, 15) is 4.79 Å². The summed E-state index contributed by atoms with van der Waals surface area (Å²) in [5.74, 6) is 1.87. The van der Waals surface area contributed by atoms with Gasteiger partial charge in [-0.05, 0) is 19.1 Å². The predicted molar refractivity (Wildman–Crippen MR) is 91.0 cm³/mol. The Morgan fingerprint density at radius 3 is 2.88 bits per heavy atom. The van der Waals surface area contributed by atoms with Crippen molar-refractivity contribution in [3.05, 3.63) is 36.3 Å². The number of rotatable bonds is 5. The van der Waals surface area contributed by atoms with Crippen molar-refractivity contribution in [3.63, 3.8) is 0 Å². The Hall–Kier alpha value is -2.34. The summed E-state index contributed by atoms with van der Waals surface area (Å²) < 4.78 is 12.9. The molecule has 1 aromatic carbocycles. The van der Waals surface area contributed by atoms with Crippen molar-refractivity contribution in [1.82, 2.24) is 14.5 Å². The molecule has 0 unspecified atom stereocenters. The second-order valence-electron chi connectivity index (χ2n) is 5.68. The van der Waals surface area contributed by atoms with E-state index in [1.165, 1.54) is 0 Å². The molecular formula is C18H23N3O3. The van der Waals surface area contributed by atoms with Gasteiger partial charge in [0.05, 0.1) is 19.0 Å². The van der Waals surface area contributed by atoms with Crippen LogP contribution in [0.5, 0.6) is 5.75 Å². The van der Waals surface area contributed by atoms with E-state index in [1.807, 2.05) is 42.3 Å². The number of para-hydroxylation sites is 1. The van der Waals surface area contributed by atoms with Gasteiger partial charge in [0, 0.05) is 38.2 Å². The number of hydrogen-bond acceptors (Lipinski definition) is 4.